The van der Waals surface area contributed by atoms with Gasteiger partial charge in [0.05, 0.1) is 13.8 Å². The third-order valence-electron chi connectivity index (χ3n) is 2.33. The fourth-order valence-electron chi connectivity index (χ4n) is 1.68. The van der Waals surface area contributed by atoms with Crippen LogP contribution < -0.4 is 0 Å². The second kappa shape index (κ2) is 4.75. The van der Waals surface area contributed by atoms with Crippen molar-refractivity contribution in [1.29, 1.82) is 0 Å². The average molecular weight is 211 g/mol. The van der Waals surface area contributed by atoms with Crippen molar-refractivity contribution in [3.8, 4) is 0 Å². The van der Waals surface area contributed by atoms with Crippen LogP contribution in [0.4, 0.5) is 0 Å². The Bertz CT molecular complexity index is 478. The quantitative estimate of drug-likeness (QED) is 0.672. The summed E-state index contributed by atoms with van der Waals surface area (Å²) in [6, 6.07) is 14.3. The van der Waals surface area contributed by atoms with Gasteiger partial charge in [-0.15, -0.1) is 0 Å². The summed E-state index contributed by atoms with van der Waals surface area (Å²) in [5, 5.41) is 0. The van der Waals surface area contributed by atoms with Crippen LogP contribution in [0.15, 0.2) is 46.9 Å². The third kappa shape index (κ3) is 2.80. The van der Waals surface area contributed by atoms with E-state index < -0.39 is 0 Å². The molecule has 2 rings (SSSR count). The predicted molar refractivity (Wildman–Crippen MR) is 68.0 cm³/mol. The Morgan fingerprint density at radius 2 is 1.38 bits per heavy atom. The fourth-order valence-corrected chi connectivity index (χ4v) is 1.68. The molecule has 0 aliphatic rings. The molecule has 0 aliphatic heterocycles. The number of aryl methyl sites for hydroxylation is 2. The maximum atomic E-state index is 5.44. The molecule has 1 heteroatoms. The van der Waals surface area contributed by atoms with Gasteiger partial charge in [0.1, 0.15) is 0 Å². The topological polar surface area (TPSA) is 11.3 Å². The SMILES string of the molecule is Cc1cc(/C=C/c2ccccc2)cc(C)[o+]1. The van der Waals surface area contributed by atoms with Gasteiger partial charge in [-0.3, -0.25) is 0 Å². The van der Waals surface area contributed by atoms with E-state index in [2.05, 4.69) is 24.3 Å². The zero-order chi connectivity index (χ0) is 11.4. The first-order valence-corrected chi connectivity index (χ1v) is 5.38. The molecule has 0 amide bonds. The van der Waals surface area contributed by atoms with Gasteiger partial charge < -0.3 is 0 Å². The minimum atomic E-state index is 0.938. The second-order valence-electron chi connectivity index (χ2n) is 3.86. The van der Waals surface area contributed by atoms with Gasteiger partial charge in [0.25, 0.3) is 0 Å². The fraction of sp³-hybridized carbons (Fsp3) is 0.133. The van der Waals surface area contributed by atoms with E-state index in [1.807, 2.05) is 44.2 Å². The molecule has 1 nitrogen and oxygen atoms in total. The molecule has 1 aromatic carbocycles. The lowest BCUT2D eigenvalue weighted by atomic mass is 10.1. The van der Waals surface area contributed by atoms with Gasteiger partial charge >= 0.3 is 11.5 Å². The Labute approximate surface area is 96.1 Å². The van der Waals surface area contributed by atoms with Crippen molar-refractivity contribution in [1.82, 2.24) is 0 Å². The molecule has 0 radical (unpaired) electrons. The van der Waals surface area contributed by atoms with Crippen molar-refractivity contribution < 1.29 is 4.42 Å². The van der Waals surface area contributed by atoms with Gasteiger partial charge in [0, 0.05) is 12.1 Å². The first kappa shape index (κ1) is 10.6. The highest BCUT2D eigenvalue weighted by atomic mass is 16.3. The summed E-state index contributed by atoms with van der Waals surface area (Å²) in [6.45, 7) is 3.93. The maximum Gasteiger partial charge on any atom is 0.327 e. The molecule has 2 aromatic rings. The highest BCUT2D eigenvalue weighted by molar-refractivity contribution is 5.69. The van der Waals surface area contributed by atoms with Gasteiger partial charge in [0.2, 0.25) is 0 Å². The van der Waals surface area contributed by atoms with Crippen LogP contribution in [0, 0.1) is 13.8 Å². The Balaban J connectivity index is 2.24. The van der Waals surface area contributed by atoms with Crippen LogP contribution in [0.1, 0.15) is 22.6 Å². The van der Waals surface area contributed by atoms with E-state index >= 15 is 0 Å². The van der Waals surface area contributed by atoms with Crippen LogP contribution >= 0.6 is 0 Å². The van der Waals surface area contributed by atoms with Crippen LogP contribution in [-0.2, 0) is 0 Å². The van der Waals surface area contributed by atoms with E-state index in [0.29, 0.717) is 0 Å². The summed E-state index contributed by atoms with van der Waals surface area (Å²) in [5.41, 5.74) is 2.38. The number of rotatable bonds is 2. The first-order chi connectivity index (χ1) is 7.74. The summed E-state index contributed by atoms with van der Waals surface area (Å²) in [5.74, 6) is 1.88. The average Bonchev–Trinajstić information content (AvgIpc) is 2.27. The first-order valence-electron chi connectivity index (χ1n) is 5.38. The molecule has 16 heavy (non-hydrogen) atoms. The highest BCUT2D eigenvalue weighted by Crippen LogP contribution is 2.12. The summed E-state index contributed by atoms with van der Waals surface area (Å²) in [7, 11) is 0. The predicted octanol–water partition coefficient (Wildman–Crippen LogP) is 4.35. The van der Waals surface area contributed by atoms with Gasteiger partial charge in [-0.1, -0.05) is 42.5 Å². The van der Waals surface area contributed by atoms with E-state index in [9.17, 15) is 0 Å². The molecule has 1 heterocycles. The van der Waals surface area contributed by atoms with Crippen molar-refractivity contribution in [3.05, 3.63) is 65.1 Å². The zero-order valence-corrected chi connectivity index (χ0v) is 9.60. The van der Waals surface area contributed by atoms with Crippen molar-refractivity contribution in [2.45, 2.75) is 13.8 Å². The van der Waals surface area contributed by atoms with E-state index in [1.54, 1.807) is 0 Å². The standard InChI is InChI=1S/C15H15O/c1-12-10-15(11-13(2)16-12)9-8-14-6-4-3-5-7-14/h3-11H,1-2H3/q+1/b9-8+. The molecule has 0 aliphatic carbocycles. The molecular weight excluding hydrogens is 196 g/mol. The van der Waals surface area contributed by atoms with Crippen LogP contribution in [0.3, 0.4) is 0 Å². The van der Waals surface area contributed by atoms with E-state index in [1.165, 1.54) is 11.1 Å². The van der Waals surface area contributed by atoms with Gasteiger partial charge in [-0.05, 0) is 11.1 Å². The van der Waals surface area contributed by atoms with Crippen LogP contribution in [0.25, 0.3) is 12.2 Å². The van der Waals surface area contributed by atoms with Crippen LogP contribution in [0.5, 0.6) is 0 Å². The molecule has 0 atom stereocenters. The Morgan fingerprint density at radius 1 is 0.812 bits per heavy atom. The Morgan fingerprint density at radius 3 is 2.00 bits per heavy atom. The van der Waals surface area contributed by atoms with E-state index in [0.717, 1.165) is 11.5 Å². The highest BCUT2D eigenvalue weighted by Gasteiger charge is 2.05. The normalized spacial score (nSPS) is 10.9. The Hall–Kier alpha value is -1.89. The molecular formula is C15H15O+. The van der Waals surface area contributed by atoms with Crippen LogP contribution in [0.2, 0.25) is 0 Å². The monoisotopic (exact) mass is 211 g/mol. The molecule has 0 N–H and O–H groups in total. The lowest BCUT2D eigenvalue weighted by Crippen LogP contribution is -1.79. The molecule has 0 saturated heterocycles. The molecule has 80 valence electrons. The molecule has 0 unspecified atom stereocenters. The number of benzene rings is 1. The third-order valence-corrected chi connectivity index (χ3v) is 2.33. The van der Waals surface area contributed by atoms with Crippen molar-refractivity contribution in [2.24, 2.45) is 0 Å². The smallest absolute Gasteiger partial charge is 0.218 e. The van der Waals surface area contributed by atoms with E-state index in [-0.39, 0.29) is 0 Å². The summed E-state index contributed by atoms with van der Waals surface area (Å²) in [4.78, 5) is 0. The summed E-state index contributed by atoms with van der Waals surface area (Å²) in [6.07, 6.45) is 4.21. The summed E-state index contributed by atoms with van der Waals surface area (Å²) >= 11 is 0. The Kier molecular flexibility index (Phi) is 3.16. The van der Waals surface area contributed by atoms with Crippen molar-refractivity contribution in [2.75, 3.05) is 0 Å². The lowest BCUT2D eigenvalue weighted by Gasteiger charge is -1.92. The summed E-state index contributed by atoms with van der Waals surface area (Å²) < 4.78 is 5.44. The molecule has 0 saturated carbocycles. The second-order valence-corrected chi connectivity index (χ2v) is 3.86. The molecule has 0 fully saturated rings. The molecule has 1 aromatic heterocycles. The van der Waals surface area contributed by atoms with Crippen LogP contribution in [-0.4, -0.2) is 0 Å². The zero-order valence-electron chi connectivity index (χ0n) is 9.60. The van der Waals surface area contributed by atoms with Crippen molar-refractivity contribution in [3.63, 3.8) is 0 Å². The minimum absolute atomic E-state index is 0.938. The number of hydrogen-bond donors (Lipinski definition) is 0. The lowest BCUT2D eigenvalue weighted by molar-refractivity contribution is 0.485. The largest absolute Gasteiger partial charge is 0.327 e. The van der Waals surface area contributed by atoms with Gasteiger partial charge in [-0.25, -0.2) is 4.42 Å². The maximum absolute atomic E-state index is 5.44. The van der Waals surface area contributed by atoms with E-state index in [4.69, 9.17) is 4.42 Å². The van der Waals surface area contributed by atoms with Crippen molar-refractivity contribution >= 4 is 12.2 Å². The number of hydrogen-bond acceptors (Lipinski definition) is 0. The van der Waals surface area contributed by atoms with Gasteiger partial charge in [0.15, 0.2) is 0 Å². The molecule has 0 spiro atoms. The van der Waals surface area contributed by atoms with Gasteiger partial charge in [-0.2, -0.15) is 0 Å². The minimum Gasteiger partial charge on any atom is -0.218 e. The molecule has 0 bridgehead atoms.